The molecule has 0 unspecified atom stereocenters. The molecule has 0 saturated carbocycles. The van der Waals surface area contributed by atoms with Crippen LogP contribution in [0.4, 0.5) is 11.8 Å². The minimum atomic E-state index is -0.376. The summed E-state index contributed by atoms with van der Waals surface area (Å²) in [6, 6.07) is 12.3. The van der Waals surface area contributed by atoms with E-state index in [4.69, 9.17) is 11.5 Å². The third-order valence-corrected chi connectivity index (χ3v) is 3.40. The summed E-state index contributed by atoms with van der Waals surface area (Å²) in [6.07, 6.45) is 0. The molecule has 6 nitrogen and oxygen atoms in total. The van der Waals surface area contributed by atoms with E-state index in [9.17, 15) is 4.79 Å². The van der Waals surface area contributed by atoms with Gasteiger partial charge in [0, 0.05) is 16.5 Å². The number of fused-ring (bicyclic) bond motifs is 1. The molecule has 0 aliphatic heterocycles. The number of ether oxygens (including phenoxy) is 1. The van der Waals surface area contributed by atoms with Crippen LogP contribution in [0, 0.1) is 11.8 Å². The van der Waals surface area contributed by atoms with Crippen LogP contribution in [0.25, 0.3) is 10.9 Å². The SMILES string of the molecule is CC.CC.CC.COC(=O)c1ccc(C#Cc2ccc3nc(N)nc(N)c3c2)cc1. The lowest BCUT2D eigenvalue weighted by Gasteiger charge is -2.02. The molecule has 3 aromatic rings. The minimum absolute atomic E-state index is 0.143. The highest BCUT2D eigenvalue weighted by Gasteiger charge is 2.04. The highest BCUT2D eigenvalue weighted by molar-refractivity contribution is 5.90. The number of anilines is 2. The van der Waals surface area contributed by atoms with Crippen LogP contribution in [-0.4, -0.2) is 23.0 Å². The number of methoxy groups -OCH3 is 1. The second-order valence-corrected chi connectivity index (χ2v) is 5.02. The average Bonchev–Trinajstić information content (AvgIpc) is 2.81. The molecule has 0 atom stereocenters. The Balaban J connectivity index is 0.00000129. The van der Waals surface area contributed by atoms with Crippen LogP contribution in [-0.2, 0) is 4.74 Å². The Bertz CT molecular complexity index is 988. The number of nitrogens with zero attached hydrogens (tertiary/aromatic N) is 2. The topological polar surface area (TPSA) is 104 Å². The Hall–Kier alpha value is -3.59. The van der Waals surface area contributed by atoms with Crippen molar-refractivity contribution in [3.05, 3.63) is 59.2 Å². The van der Waals surface area contributed by atoms with E-state index >= 15 is 0 Å². The average molecular weight is 409 g/mol. The number of carbonyl (C=O) groups excluding carboxylic acids is 1. The van der Waals surface area contributed by atoms with E-state index in [1.54, 1.807) is 30.3 Å². The summed E-state index contributed by atoms with van der Waals surface area (Å²) in [5.74, 6) is 6.17. The van der Waals surface area contributed by atoms with Gasteiger partial charge in [0.15, 0.2) is 0 Å². The van der Waals surface area contributed by atoms with Crippen molar-refractivity contribution in [2.45, 2.75) is 41.5 Å². The molecule has 0 spiro atoms. The Morgan fingerprint density at radius 1 is 0.833 bits per heavy atom. The van der Waals surface area contributed by atoms with Gasteiger partial charge in [-0.15, -0.1) is 0 Å². The van der Waals surface area contributed by atoms with Gasteiger partial charge in [0.25, 0.3) is 0 Å². The largest absolute Gasteiger partial charge is 0.465 e. The van der Waals surface area contributed by atoms with E-state index in [1.807, 2.05) is 53.7 Å². The van der Waals surface area contributed by atoms with E-state index in [-0.39, 0.29) is 11.9 Å². The highest BCUT2D eigenvalue weighted by Crippen LogP contribution is 2.19. The molecule has 0 radical (unpaired) electrons. The summed E-state index contributed by atoms with van der Waals surface area (Å²) in [4.78, 5) is 19.5. The maximum atomic E-state index is 11.4. The van der Waals surface area contributed by atoms with E-state index in [1.165, 1.54) is 7.11 Å². The molecule has 0 aliphatic carbocycles. The molecule has 0 amide bonds. The fourth-order valence-electron chi connectivity index (χ4n) is 2.20. The fourth-order valence-corrected chi connectivity index (χ4v) is 2.20. The zero-order chi connectivity index (χ0) is 23.1. The quantitative estimate of drug-likeness (QED) is 0.431. The van der Waals surface area contributed by atoms with Gasteiger partial charge >= 0.3 is 5.97 Å². The Morgan fingerprint density at radius 2 is 1.37 bits per heavy atom. The first-order valence-electron chi connectivity index (χ1n) is 10.1. The van der Waals surface area contributed by atoms with Crippen molar-refractivity contribution in [2.75, 3.05) is 18.6 Å². The van der Waals surface area contributed by atoms with E-state index in [2.05, 4.69) is 26.5 Å². The predicted octanol–water partition coefficient (Wildman–Crippen LogP) is 5.06. The zero-order valence-corrected chi connectivity index (χ0v) is 18.9. The van der Waals surface area contributed by atoms with Crippen molar-refractivity contribution in [1.82, 2.24) is 9.97 Å². The van der Waals surface area contributed by atoms with Crippen molar-refractivity contribution in [3.8, 4) is 11.8 Å². The molecule has 0 saturated heterocycles. The molecule has 1 aromatic heterocycles. The molecule has 160 valence electrons. The van der Waals surface area contributed by atoms with Gasteiger partial charge in [-0.05, 0) is 42.5 Å². The summed E-state index contributed by atoms with van der Waals surface area (Å²) in [5, 5.41) is 0.706. The van der Waals surface area contributed by atoms with Gasteiger partial charge in [-0.25, -0.2) is 9.78 Å². The van der Waals surface area contributed by atoms with Crippen LogP contribution >= 0.6 is 0 Å². The van der Waals surface area contributed by atoms with Crippen LogP contribution in [0.1, 0.15) is 63.0 Å². The molecular weight excluding hydrogens is 376 g/mol. The Kier molecular flexibility index (Phi) is 12.7. The molecule has 4 N–H and O–H groups in total. The standard InChI is InChI=1S/C18H14N4O2.3C2H6/c1-24-17(23)13-7-4-11(5-8-13)2-3-12-6-9-15-14(10-12)16(19)22-18(20)21-15;3*1-2/h4-10H,1H3,(H4,19,20,21,22);3*1-2H3. The minimum Gasteiger partial charge on any atom is -0.465 e. The van der Waals surface area contributed by atoms with Crippen LogP contribution in [0.2, 0.25) is 0 Å². The van der Waals surface area contributed by atoms with Crippen molar-refractivity contribution in [2.24, 2.45) is 0 Å². The van der Waals surface area contributed by atoms with Crippen molar-refractivity contribution >= 4 is 28.6 Å². The first-order valence-corrected chi connectivity index (χ1v) is 10.1. The number of rotatable bonds is 1. The molecule has 1 heterocycles. The van der Waals surface area contributed by atoms with Gasteiger partial charge in [-0.2, -0.15) is 4.98 Å². The maximum absolute atomic E-state index is 11.4. The highest BCUT2D eigenvalue weighted by atomic mass is 16.5. The van der Waals surface area contributed by atoms with E-state index in [0.717, 1.165) is 11.1 Å². The van der Waals surface area contributed by atoms with E-state index in [0.29, 0.717) is 22.3 Å². The summed E-state index contributed by atoms with van der Waals surface area (Å²) in [5.41, 5.74) is 14.2. The number of benzene rings is 2. The van der Waals surface area contributed by atoms with Crippen LogP contribution in [0.5, 0.6) is 0 Å². The van der Waals surface area contributed by atoms with Crippen molar-refractivity contribution in [3.63, 3.8) is 0 Å². The van der Waals surface area contributed by atoms with Gasteiger partial charge in [-0.1, -0.05) is 53.4 Å². The number of esters is 1. The Morgan fingerprint density at radius 3 is 1.93 bits per heavy atom. The molecule has 0 fully saturated rings. The molecule has 0 aliphatic rings. The molecular formula is C24H32N4O2. The van der Waals surface area contributed by atoms with Gasteiger partial charge < -0.3 is 16.2 Å². The molecule has 6 heteroatoms. The third kappa shape index (κ3) is 7.44. The molecule has 2 aromatic carbocycles. The van der Waals surface area contributed by atoms with E-state index < -0.39 is 0 Å². The summed E-state index contributed by atoms with van der Waals surface area (Å²) in [7, 11) is 1.35. The lowest BCUT2D eigenvalue weighted by atomic mass is 10.1. The zero-order valence-electron chi connectivity index (χ0n) is 18.9. The van der Waals surface area contributed by atoms with Crippen molar-refractivity contribution < 1.29 is 9.53 Å². The summed E-state index contributed by atoms with van der Waals surface area (Å²) < 4.78 is 4.66. The first-order chi connectivity index (χ1) is 14.6. The third-order valence-electron chi connectivity index (χ3n) is 3.40. The summed E-state index contributed by atoms with van der Waals surface area (Å²) >= 11 is 0. The van der Waals surface area contributed by atoms with Gasteiger partial charge in [0.2, 0.25) is 5.95 Å². The van der Waals surface area contributed by atoms with Crippen LogP contribution in [0.15, 0.2) is 42.5 Å². The number of nitrogens with two attached hydrogens (primary N) is 2. The summed E-state index contributed by atoms with van der Waals surface area (Å²) in [6.45, 7) is 12.0. The number of nitrogen functional groups attached to an aromatic ring is 2. The molecule has 30 heavy (non-hydrogen) atoms. The number of carbonyl (C=O) groups is 1. The lowest BCUT2D eigenvalue weighted by Crippen LogP contribution is -2.00. The van der Waals surface area contributed by atoms with Gasteiger partial charge in [0.05, 0.1) is 18.2 Å². The number of hydrogen-bond acceptors (Lipinski definition) is 6. The predicted molar refractivity (Wildman–Crippen MR) is 126 cm³/mol. The van der Waals surface area contributed by atoms with Crippen LogP contribution < -0.4 is 11.5 Å². The maximum Gasteiger partial charge on any atom is 0.337 e. The van der Waals surface area contributed by atoms with Crippen molar-refractivity contribution in [1.29, 1.82) is 0 Å². The van der Waals surface area contributed by atoms with Gasteiger partial charge in [0.1, 0.15) is 5.82 Å². The number of hydrogen-bond donors (Lipinski definition) is 2. The van der Waals surface area contributed by atoms with Gasteiger partial charge in [-0.3, -0.25) is 0 Å². The number of aromatic nitrogens is 2. The Labute approximate surface area is 179 Å². The second-order valence-electron chi connectivity index (χ2n) is 5.02. The molecule has 0 bridgehead atoms. The normalized spacial score (nSPS) is 8.63. The monoisotopic (exact) mass is 408 g/mol. The first kappa shape index (κ1) is 26.4. The fraction of sp³-hybridized carbons (Fsp3) is 0.292. The second kappa shape index (κ2) is 14.4. The lowest BCUT2D eigenvalue weighted by molar-refractivity contribution is 0.0600. The van der Waals surface area contributed by atoms with Crippen LogP contribution in [0.3, 0.4) is 0 Å². The molecule has 3 rings (SSSR count). The smallest absolute Gasteiger partial charge is 0.337 e.